The summed E-state index contributed by atoms with van der Waals surface area (Å²) >= 11 is 0. The van der Waals surface area contributed by atoms with Crippen LogP contribution in [0.15, 0.2) is 24.3 Å². The van der Waals surface area contributed by atoms with Crippen LogP contribution in [0.1, 0.15) is 37.7 Å². The van der Waals surface area contributed by atoms with Crippen molar-refractivity contribution in [2.24, 2.45) is 0 Å². The van der Waals surface area contributed by atoms with Crippen molar-refractivity contribution in [3.63, 3.8) is 0 Å². The van der Waals surface area contributed by atoms with Crippen LogP contribution in [0, 0.1) is 0 Å². The molecule has 21 heavy (non-hydrogen) atoms. The van der Waals surface area contributed by atoms with Crippen molar-refractivity contribution in [2.75, 3.05) is 45.1 Å². The van der Waals surface area contributed by atoms with Crippen LogP contribution >= 0.6 is 0 Å². The SMILES string of the molecule is CCN1CCC(N(C)CC2CCNc3ccccc32)CC1. The molecule has 1 unspecified atom stereocenters. The highest BCUT2D eigenvalue weighted by molar-refractivity contribution is 5.54. The quantitative estimate of drug-likeness (QED) is 0.918. The van der Waals surface area contributed by atoms with Gasteiger partial charge in [-0.1, -0.05) is 25.1 Å². The number of nitrogens with one attached hydrogen (secondary N) is 1. The maximum Gasteiger partial charge on any atom is 0.0376 e. The van der Waals surface area contributed by atoms with Crippen molar-refractivity contribution in [1.82, 2.24) is 9.80 Å². The van der Waals surface area contributed by atoms with Crippen molar-refractivity contribution in [3.8, 4) is 0 Å². The summed E-state index contributed by atoms with van der Waals surface area (Å²) in [4.78, 5) is 5.20. The van der Waals surface area contributed by atoms with Gasteiger partial charge >= 0.3 is 0 Å². The van der Waals surface area contributed by atoms with Gasteiger partial charge in [0.15, 0.2) is 0 Å². The predicted octanol–water partition coefficient (Wildman–Crippen LogP) is 3.00. The Kier molecular flexibility index (Phi) is 4.81. The Hall–Kier alpha value is -1.06. The number of fused-ring (bicyclic) bond motifs is 1. The van der Waals surface area contributed by atoms with E-state index in [2.05, 4.69) is 53.4 Å². The Morgan fingerprint density at radius 3 is 2.71 bits per heavy atom. The van der Waals surface area contributed by atoms with Crippen LogP contribution in [0.25, 0.3) is 0 Å². The highest BCUT2D eigenvalue weighted by Gasteiger charge is 2.26. The van der Waals surface area contributed by atoms with E-state index in [1.165, 1.54) is 56.7 Å². The first-order chi connectivity index (χ1) is 10.3. The predicted molar refractivity (Wildman–Crippen MR) is 90.1 cm³/mol. The summed E-state index contributed by atoms with van der Waals surface area (Å²) in [6.45, 7) is 8.34. The minimum Gasteiger partial charge on any atom is -0.385 e. The lowest BCUT2D eigenvalue weighted by atomic mass is 9.90. The van der Waals surface area contributed by atoms with Gasteiger partial charge in [-0.05, 0) is 57.6 Å². The summed E-state index contributed by atoms with van der Waals surface area (Å²) in [6.07, 6.45) is 3.92. The van der Waals surface area contributed by atoms with E-state index in [-0.39, 0.29) is 0 Å². The van der Waals surface area contributed by atoms with Gasteiger partial charge in [-0.3, -0.25) is 0 Å². The third-order valence-corrected chi connectivity index (χ3v) is 5.34. The zero-order valence-electron chi connectivity index (χ0n) is 13.5. The lowest BCUT2D eigenvalue weighted by Gasteiger charge is -2.38. The monoisotopic (exact) mass is 287 g/mol. The van der Waals surface area contributed by atoms with Crippen LogP contribution in [-0.2, 0) is 0 Å². The van der Waals surface area contributed by atoms with Gasteiger partial charge in [0.1, 0.15) is 0 Å². The molecule has 1 saturated heterocycles. The minimum absolute atomic E-state index is 0.691. The molecular formula is C18H29N3. The average Bonchev–Trinajstić information content (AvgIpc) is 2.55. The van der Waals surface area contributed by atoms with E-state index in [1.54, 1.807) is 0 Å². The molecule has 0 aliphatic carbocycles. The van der Waals surface area contributed by atoms with Crippen molar-refractivity contribution >= 4 is 5.69 Å². The van der Waals surface area contributed by atoms with Crippen LogP contribution in [0.3, 0.4) is 0 Å². The van der Waals surface area contributed by atoms with Crippen molar-refractivity contribution in [2.45, 2.75) is 38.1 Å². The Labute approximate surface area is 129 Å². The Bertz CT molecular complexity index is 452. The molecule has 1 fully saturated rings. The second kappa shape index (κ2) is 6.80. The number of likely N-dealkylation sites (tertiary alicyclic amines) is 1. The van der Waals surface area contributed by atoms with Gasteiger partial charge < -0.3 is 15.1 Å². The summed E-state index contributed by atoms with van der Waals surface area (Å²) in [6, 6.07) is 9.62. The van der Waals surface area contributed by atoms with Gasteiger partial charge in [-0.25, -0.2) is 0 Å². The Morgan fingerprint density at radius 1 is 1.19 bits per heavy atom. The summed E-state index contributed by atoms with van der Waals surface area (Å²) in [7, 11) is 2.33. The largest absolute Gasteiger partial charge is 0.385 e. The number of hydrogen-bond donors (Lipinski definition) is 1. The van der Waals surface area contributed by atoms with E-state index in [1.807, 2.05) is 0 Å². The maximum atomic E-state index is 3.53. The molecule has 1 N–H and O–H groups in total. The first-order valence-corrected chi connectivity index (χ1v) is 8.53. The molecule has 116 valence electrons. The molecule has 2 aliphatic heterocycles. The summed E-state index contributed by atoms with van der Waals surface area (Å²) in [5.41, 5.74) is 2.87. The first-order valence-electron chi connectivity index (χ1n) is 8.53. The molecule has 2 heterocycles. The second-order valence-corrected chi connectivity index (χ2v) is 6.60. The molecule has 0 radical (unpaired) electrons. The number of piperidine rings is 1. The van der Waals surface area contributed by atoms with E-state index in [4.69, 9.17) is 0 Å². The van der Waals surface area contributed by atoms with E-state index >= 15 is 0 Å². The van der Waals surface area contributed by atoms with Crippen LogP contribution in [0.4, 0.5) is 5.69 Å². The summed E-state index contributed by atoms with van der Waals surface area (Å²) < 4.78 is 0. The molecule has 0 bridgehead atoms. The van der Waals surface area contributed by atoms with Crippen molar-refractivity contribution < 1.29 is 0 Å². The van der Waals surface area contributed by atoms with Crippen molar-refractivity contribution in [1.29, 1.82) is 0 Å². The molecule has 1 aromatic carbocycles. The minimum atomic E-state index is 0.691. The summed E-state index contributed by atoms with van der Waals surface area (Å²) in [5.74, 6) is 0.691. The molecule has 3 rings (SSSR count). The molecule has 2 aliphatic rings. The normalized spacial score (nSPS) is 23.9. The molecule has 0 amide bonds. The number of likely N-dealkylation sites (N-methyl/N-ethyl adjacent to an activating group) is 1. The number of hydrogen-bond acceptors (Lipinski definition) is 3. The molecule has 3 heteroatoms. The molecule has 1 atom stereocenters. The third kappa shape index (κ3) is 3.41. The number of para-hydroxylation sites is 1. The second-order valence-electron chi connectivity index (χ2n) is 6.60. The van der Waals surface area contributed by atoms with Crippen LogP contribution < -0.4 is 5.32 Å². The van der Waals surface area contributed by atoms with Gasteiger partial charge in [0.05, 0.1) is 0 Å². The summed E-state index contributed by atoms with van der Waals surface area (Å²) in [5, 5.41) is 3.53. The smallest absolute Gasteiger partial charge is 0.0376 e. The highest BCUT2D eigenvalue weighted by atomic mass is 15.2. The van der Waals surface area contributed by atoms with E-state index in [9.17, 15) is 0 Å². The Morgan fingerprint density at radius 2 is 1.95 bits per heavy atom. The van der Waals surface area contributed by atoms with Gasteiger partial charge in [0, 0.05) is 30.7 Å². The molecule has 0 saturated carbocycles. The third-order valence-electron chi connectivity index (χ3n) is 5.34. The number of anilines is 1. The molecule has 3 nitrogen and oxygen atoms in total. The lowest BCUT2D eigenvalue weighted by molar-refractivity contribution is 0.126. The van der Waals surface area contributed by atoms with Crippen LogP contribution in [0.5, 0.6) is 0 Å². The fraction of sp³-hybridized carbons (Fsp3) is 0.667. The van der Waals surface area contributed by atoms with Crippen LogP contribution in [-0.4, -0.2) is 55.6 Å². The van der Waals surface area contributed by atoms with Gasteiger partial charge in [0.25, 0.3) is 0 Å². The van der Waals surface area contributed by atoms with E-state index < -0.39 is 0 Å². The molecule has 0 aromatic heterocycles. The number of nitrogens with zero attached hydrogens (tertiary/aromatic N) is 2. The lowest BCUT2D eigenvalue weighted by Crippen LogP contribution is -2.44. The van der Waals surface area contributed by atoms with E-state index in [0.717, 1.165) is 12.6 Å². The molecule has 0 spiro atoms. The zero-order chi connectivity index (χ0) is 14.7. The molecular weight excluding hydrogens is 258 g/mol. The Balaban J connectivity index is 1.60. The molecule has 1 aromatic rings. The number of rotatable bonds is 4. The first kappa shape index (κ1) is 14.9. The topological polar surface area (TPSA) is 18.5 Å². The van der Waals surface area contributed by atoms with Gasteiger partial charge in [0.2, 0.25) is 0 Å². The standard InChI is InChI=1S/C18H29N3/c1-3-21-12-9-16(10-13-21)20(2)14-15-8-11-19-18-7-5-4-6-17(15)18/h4-7,15-16,19H,3,8-14H2,1-2H3. The maximum absolute atomic E-state index is 3.53. The zero-order valence-corrected chi connectivity index (χ0v) is 13.5. The van der Waals surface area contributed by atoms with Gasteiger partial charge in [-0.15, -0.1) is 0 Å². The van der Waals surface area contributed by atoms with Crippen molar-refractivity contribution in [3.05, 3.63) is 29.8 Å². The fourth-order valence-corrected chi connectivity index (χ4v) is 3.91. The van der Waals surface area contributed by atoms with Crippen LogP contribution in [0.2, 0.25) is 0 Å². The van der Waals surface area contributed by atoms with Gasteiger partial charge in [-0.2, -0.15) is 0 Å². The average molecular weight is 287 g/mol. The highest BCUT2D eigenvalue weighted by Crippen LogP contribution is 2.32. The fourth-order valence-electron chi connectivity index (χ4n) is 3.91. The number of benzene rings is 1. The van der Waals surface area contributed by atoms with E-state index in [0.29, 0.717) is 5.92 Å².